The Morgan fingerprint density at radius 3 is 2.33 bits per heavy atom. The van der Waals surface area contributed by atoms with Crippen LogP contribution in [0.25, 0.3) is 0 Å². The van der Waals surface area contributed by atoms with Crippen molar-refractivity contribution in [3.8, 4) is 0 Å². The molecule has 3 nitrogen and oxygen atoms in total. The lowest BCUT2D eigenvalue weighted by molar-refractivity contribution is -0.122. The number of hydrogen-bond donors (Lipinski definition) is 1. The second-order valence-corrected chi connectivity index (χ2v) is 8.15. The molecule has 0 fully saturated rings. The first kappa shape index (κ1) is 18.2. The van der Waals surface area contributed by atoms with Crippen molar-refractivity contribution >= 4 is 16.9 Å². The first-order valence-corrected chi connectivity index (χ1v) is 8.09. The van der Waals surface area contributed by atoms with E-state index in [2.05, 4.69) is 0 Å². The summed E-state index contributed by atoms with van der Waals surface area (Å²) in [6.07, 6.45) is -1.18. The Morgan fingerprint density at radius 2 is 1.81 bits per heavy atom. The van der Waals surface area contributed by atoms with Crippen LogP contribution in [-0.4, -0.2) is 27.2 Å². The molecule has 1 N–H and O–H groups in total. The van der Waals surface area contributed by atoms with Crippen LogP contribution < -0.4 is 0 Å². The van der Waals surface area contributed by atoms with Gasteiger partial charge in [-0.25, -0.2) is 0 Å². The summed E-state index contributed by atoms with van der Waals surface area (Å²) < 4.78 is 5.54. The molecule has 0 saturated heterocycles. The molecule has 1 aromatic carbocycles. The quantitative estimate of drug-likeness (QED) is 0.871. The van der Waals surface area contributed by atoms with Gasteiger partial charge in [0.2, 0.25) is 0 Å². The van der Waals surface area contributed by atoms with Gasteiger partial charge in [-0.15, -0.1) is 0 Å². The molecule has 0 heterocycles. The van der Waals surface area contributed by atoms with Gasteiger partial charge >= 0.3 is 0 Å². The Morgan fingerprint density at radius 1 is 1.24 bits per heavy atom. The van der Waals surface area contributed by atoms with Crippen molar-refractivity contribution in [2.75, 3.05) is 0 Å². The molecule has 0 aliphatic carbocycles. The fourth-order valence-corrected chi connectivity index (χ4v) is 2.77. The highest BCUT2D eigenvalue weighted by atomic mass is 32.2. The molecule has 0 aliphatic heterocycles. The number of rotatable bonds is 6. The molecule has 0 radical (unpaired) electrons. The standard InChI is InChI=1S/C17H26O3S/c1-12(16(19)21-17(3,4)5)15(18)13(2)20-11-14-9-7-6-8-10-14/h6-10,12-13,15,18H,11H2,1-5H3/t12-,13+,15+/m1/s1. The molecule has 0 aromatic heterocycles. The van der Waals surface area contributed by atoms with E-state index in [1.807, 2.05) is 51.1 Å². The van der Waals surface area contributed by atoms with Crippen LogP contribution in [0.15, 0.2) is 30.3 Å². The molecule has 0 bridgehead atoms. The third kappa shape index (κ3) is 6.64. The highest BCUT2D eigenvalue weighted by Crippen LogP contribution is 2.29. The van der Waals surface area contributed by atoms with Crippen LogP contribution in [-0.2, 0) is 16.1 Å². The summed E-state index contributed by atoms with van der Waals surface area (Å²) in [5, 5.41) is 10.3. The molecular weight excluding hydrogens is 284 g/mol. The molecule has 0 aliphatic rings. The lowest BCUT2D eigenvalue weighted by Crippen LogP contribution is -2.36. The van der Waals surface area contributed by atoms with E-state index in [-0.39, 0.29) is 16.0 Å². The molecule has 118 valence electrons. The SMILES string of the molecule is C[C@H](OCc1ccccc1)[C@@H](O)[C@@H](C)C(=O)SC(C)(C)C. The Balaban J connectivity index is 2.49. The topological polar surface area (TPSA) is 46.5 Å². The summed E-state index contributed by atoms with van der Waals surface area (Å²) in [4.78, 5) is 12.1. The fourth-order valence-electron chi connectivity index (χ4n) is 1.84. The number of carbonyl (C=O) groups excluding carboxylic acids is 1. The number of aliphatic hydroxyl groups is 1. The fraction of sp³-hybridized carbons (Fsp3) is 0.588. The number of hydrogen-bond acceptors (Lipinski definition) is 4. The van der Waals surface area contributed by atoms with Gasteiger partial charge in [0.1, 0.15) is 0 Å². The third-order valence-corrected chi connectivity index (χ3v) is 4.31. The molecular formula is C17H26O3S. The number of thioether (sulfide) groups is 1. The van der Waals surface area contributed by atoms with Crippen molar-refractivity contribution in [2.24, 2.45) is 5.92 Å². The van der Waals surface area contributed by atoms with Crippen LogP contribution >= 0.6 is 11.8 Å². The van der Waals surface area contributed by atoms with Gasteiger partial charge in [0.15, 0.2) is 5.12 Å². The van der Waals surface area contributed by atoms with Gasteiger partial charge in [-0.2, -0.15) is 0 Å². The van der Waals surface area contributed by atoms with Crippen molar-refractivity contribution in [1.29, 1.82) is 0 Å². The van der Waals surface area contributed by atoms with E-state index < -0.39 is 12.0 Å². The number of carbonyl (C=O) groups is 1. The van der Waals surface area contributed by atoms with Crippen molar-refractivity contribution in [3.63, 3.8) is 0 Å². The normalized spacial score (nSPS) is 16.3. The minimum absolute atomic E-state index is 0.00478. The van der Waals surface area contributed by atoms with Gasteiger partial charge in [0.25, 0.3) is 0 Å². The maximum atomic E-state index is 12.1. The molecule has 21 heavy (non-hydrogen) atoms. The van der Waals surface area contributed by atoms with Gasteiger partial charge in [0.05, 0.1) is 24.7 Å². The average Bonchev–Trinajstić information content (AvgIpc) is 2.42. The Hall–Kier alpha value is -0.840. The van der Waals surface area contributed by atoms with Crippen molar-refractivity contribution in [3.05, 3.63) is 35.9 Å². The first-order chi connectivity index (χ1) is 9.70. The van der Waals surface area contributed by atoms with E-state index in [9.17, 15) is 9.90 Å². The van der Waals surface area contributed by atoms with Crippen LogP contribution in [0.4, 0.5) is 0 Å². The highest BCUT2D eigenvalue weighted by molar-refractivity contribution is 8.14. The van der Waals surface area contributed by atoms with Crippen LogP contribution in [0, 0.1) is 5.92 Å². The summed E-state index contributed by atoms with van der Waals surface area (Å²) in [6.45, 7) is 9.97. The van der Waals surface area contributed by atoms with Crippen LogP contribution in [0.3, 0.4) is 0 Å². The molecule has 0 spiro atoms. The largest absolute Gasteiger partial charge is 0.390 e. The van der Waals surface area contributed by atoms with Gasteiger partial charge in [-0.3, -0.25) is 4.79 Å². The zero-order chi connectivity index (χ0) is 16.0. The predicted molar refractivity (Wildman–Crippen MR) is 88.2 cm³/mol. The van der Waals surface area contributed by atoms with Crippen LogP contribution in [0.2, 0.25) is 0 Å². The minimum atomic E-state index is -0.795. The van der Waals surface area contributed by atoms with E-state index in [0.717, 1.165) is 5.56 Å². The van der Waals surface area contributed by atoms with E-state index in [4.69, 9.17) is 4.74 Å². The maximum absolute atomic E-state index is 12.1. The minimum Gasteiger partial charge on any atom is -0.390 e. The molecule has 0 unspecified atom stereocenters. The van der Waals surface area contributed by atoms with Gasteiger partial charge in [0, 0.05) is 4.75 Å². The zero-order valence-corrected chi connectivity index (χ0v) is 14.3. The van der Waals surface area contributed by atoms with Gasteiger partial charge in [-0.05, 0) is 12.5 Å². The molecule has 1 rings (SSSR count). The smallest absolute Gasteiger partial charge is 0.194 e. The van der Waals surface area contributed by atoms with E-state index in [0.29, 0.717) is 6.61 Å². The van der Waals surface area contributed by atoms with Gasteiger partial charge in [-0.1, -0.05) is 69.8 Å². The zero-order valence-electron chi connectivity index (χ0n) is 13.5. The summed E-state index contributed by atoms with van der Waals surface area (Å²) in [7, 11) is 0. The lowest BCUT2D eigenvalue weighted by atomic mass is 10.0. The molecule has 3 atom stereocenters. The number of aliphatic hydroxyl groups excluding tert-OH is 1. The molecule has 4 heteroatoms. The highest BCUT2D eigenvalue weighted by Gasteiger charge is 2.30. The average molecular weight is 310 g/mol. The van der Waals surface area contributed by atoms with E-state index in [1.54, 1.807) is 13.8 Å². The number of ether oxygens (including phenoxy) is 1. The van der Waals surface area contributed by atoms with E-state index in [1.165, 1.54) is 11.8 Å². The second-order valence-electron chi connectivity index (χ2n) is 6.31. The predicted octanol–water partition coefficient (Wildman–Crippen LogP) is 3.65. The molecule has 1 aromatic rings. The summed E-state index contributed by atoms with van der Waals surface area (Å²) in [5.41, 5.74) is 1.06. The Labute approximate surface area is 132 Å². The van der Waals surface area contributed by atoms with Gasteiger partial charge < -0.3 is 9.84 Å². The maximum Gasteiger partial charge on any atom is 0.194 e. The summed E-state index contributed by atoms with van der Waals surface area (Å²) in [6, 6.07) is 9.80. The van der Waals surface area contributed by atoms with Crippen molar-refractivity contribution < 1.29 is 14.6 Å². The third-order valence-electron chi connectivity index (χ3n) is 3.13. The van der Waals surface area contributed by atoms with Crippen molar-refractivity contribution in [2.45, 2.75) is 58.2 Å². The van der Waals surface area contributed by atoms with E-state index >= 15 is 0 Å². The lowest BCUT2D eigenvalue weighted by Gasteiger charge is -2.26. The second kappa shape index (κ2) is 7.97. The summed E-state index contributed by atoms with van der Waals surface area (Å²) in [5.74, 6) is -0.444. The van der Waals surface area contributed by atoms with Crippen molar-refractivity contribution in [1.82, 2.24) is 0 Å². The molecule has 0 saturated carbocycles. The summed E-state index contributed by atoms with van der Waals surface area (Å²) >= 11 is 1.27. The van der Waals surface area contributed by atoms with Crippen LogP contribution in [0.1, 0.15) is 40.2 Å². The Bertz CT molecular complexity index is 439. The van der Waals surface area contributed by atoms with Crippen LogP contribution in [0.5, 0.6) is 0 Å². The number of benzene rings is 1. The Kier molecular flexibility index (Phi) is 6.91. The monoisotopic (exact) mass is 310 g/mol. The first-order valence-electron chi connectivity index (χ1n) is 7.27. The molecule has 0 amide bonds.